The second-order valence-corrected chi connectivity index (χ2v) is 14.9. The molecule has 0 radical (unpaired) electrons. The van der Waals surface area contributed by atoms with Crippen LogP contribution in [-0.4, -0.2) is 4.57 Å². The SMILES string of the molecule is CC1(C)c2c(ccc3cc(N(c4ccccc4)c4ccc5c(c4)c4ccccc4n5-c4ccccc4)ccc23)-c2c1c1ccccc1c1ccccc21. The van der Waals surface area contributed by atoms with Crippen molar-refractivity contribution < 1.29 is 0 Å². The average Bonchev–Trinajstić information content (AvgIpc) is 3.67. The molecular formula is C51H36N2. The molecule has 53 heavy (non-hydrogen) atoms. The van der Waals surface area contributed by atoms with E-state index in [4.69, 9.17) is 0 Å². The van der Waals surface area contributed by atoms with E-state index in [2.05, 4.69) is 205 Å². The lowest BCUT2D eigenvalue weighted by Gasteiger charge is -2.27. The number of hydrogen-bond donors (Lipinski definition) is 0. The molecule has 0 unspecified atom stereocenters. The molecular weight excluding hydrogens is 641 g/mol. The van der Waals surface area contributed by atoms with Crippen LogP contribution in [0.25, 0.3) is 70.9 Å². The fraction of sp³-hybridized carbons (Fsp3) is 0.0588. The number of nitrogens with zero attached hydrogens (tertiary/aromatic N) is 2. The zero-order chi connectivity index (χ0) is 35.3. The third-order valence-corrected chi connectivity index (χ3v) is 11.7. The van der Waals surface area contributed by atoms with Crippen molar-refractivity contribution in [2.75, 3.05) is 4.90 Å². The number of rotatable bonds is 4. The van der Waals surface area contributed by atoms with E-state index < -0.39 is 0 Å². The van der Waals surface area contributed by atoms with Crippen molar-refractivity contribution in [3.05, 3.63) is 193 Å². The first-order chi connectivity index (χ1) is 26.1. The molecule has 0 aliphatic heterocycles. The fourth-order valence-electron chi connectivity index (χ4n) is 9.51. The maximum absolute atomic E-state index is 2.42. The quantitative estimate of drug-likeness (QED) is 0.168. The Labute approximate surface area is 308 Å². The topological polar surface area (TPSA) is 8.17 Å². The van der Waals surface area contributed by atoms with E-state index in [1.807, 2.05) is 0 Å². The predicted octanol–water partition coefficient (Wildman–Crippen LogP) is 14.0. The summed E-state index contributed by atoms with van der Waals surface area (Å²) in [5, 5.41) is 10.4. The molecule has 0 bridgehead atoms. The second kappa shape index (κ2) is 11.2. The number of aromatic nitrogens is 1. The third kappa shape index (κ3) is 4.27. The van der Waals surface area contributed by atoms with Gasteiger partial charge in [-0.3, -0.25) is 0 Å². The highest BCUT2D eigenvalue weighted by atomic mass is 15.1. The number of para-hydroxylation sites is 3. The van der Waals surface area contributed by atoms with Gasteiger partial charge in [-0.2, -0.15) is 0 Å². The van der Waals surface area contributed by atoms with Crippen LogP contribution in [0.4, 0.5) is 17.1 Å². The fourth-order valence-corrected chi connectivity index (χ4v) is 9.51. The van der Waals surface area contributed by atoms with Crippen LogP contribution >= 0.6 is 0 Å². The Morgan fingerprint density at radius 1 is 0.396 bits per heavy atom. The Balaban J connectivity index is 1.12. The summed E-state index contributed by atoms with van der Waals surface area (Å²) >= 11 is 0. The van der Waals surface area contributed by atoms with E-state index in [0.717, 1.165) is 17.1 Å². The van der Waals surface area contributed by atoms with Crippen molar-refractivity contribution in [3.63, 3.8) is 0 Å². The molecule has 0 fully saturated rings. The lowest BCUT2D eigenvalue weighted by molar-refractivity contribution is 0.672. The highest BCUT2D eigenvalue weighted by Crippen LogP contribution is 2.56. The average molecular weight is 677 g/mol. The Hall–Kier alpha value is -6.64. The highest BCUT2D eigenvalue weighted by molar-refractivity contribution is 6.19. The standard InChI is InChI=1S/C51H36N2/c1-51(2)49-38-29-26-36(31-33(38)25-28-44(49)48-42-22-11-9-19-39(42)40-20-10-12-23-43(40)50(48)51)52(34-15-5-3-6-16-34)37-27-30-47-45(32-37)41-21-13-14-24-46(41)53(47)35-17-7-4-8-18-35/h3-32H,1-2H3. The number of benzene rings is 9. The maximum atomic E-state index is 2.42. The van der Waals surface area contributed by atoms with Crippen molar-refractivity contribution in [2.24, 2.45) is 0 Å². The van der Waals surface area contributed by atoms with Crippen molar-refractivity contribution >= 4 is 71.2 Å². The summed E-state index contributed by atoms with van der Waals surface area (Å²) in [6.45, 7) is 4.84. The van der Waals surface area contributed by atoms with Crippen LogP contribution in [-0.2, 0) is 5.41 Å². The van der Waals surface area contributed by atoms with Gasteiger partial charge in [0.1, 0.15) is 0 Å². The lowest BCUT2D eigenvalue weighted by Crippen LogP contribution is -2.16. The van der Waals surface area contributed by atoms with Gasteiger partial charge in [0.05, 0.1) is 11.0 Å². The van der Waals surface area contributed by atoms with Crippen LogP contribution < -0.4 is 4.90 Å². The summed E-state index contributed by atoms with van der Waals surface area (Å²) in [6, 6.07) is 66.8. The first kappa shape index (κ1) is 30.0. The van der Waals surface area contributed by atoms with Gasteiger partial charge in [0.25, 0.3) is 0 Å². The summed E-state index contributed by atoms with van der Waals surface area (Å²) in [5.41, 5.74) is 12.4. The molecule has 1 aliphatic carbocycles. The molecule has 0 atom stereocenters. The zero-order valence-electron chi connectivity index (χ0n) is 29.7. The van der Waals surface area contributed by atoms with Gasteiger partial charge < -0.3 is 9.47 Å². The van der Waals surface area contributed by atoms with Crippen molar-refractivity contribution in [2.45, 2.75) is 19.3 Å². The van der Waals surface area contributed by atoms with Crippen LogP contribution in [0.2, 0.25) is 0 Å². The molecule has 0 amide bonds. The van der Waals surface area contributed by atoms with Gasteiger partial charge in [-0.25, -0.2) is 0 Å². The normalized spacial score (nSPS) is 13.2. The largest absolute Gasteiger partial charge is 0.310 e. The summed E-state index contributed by atoms with van der Waals surface area (Å²) in [7, 11) is 0. The molecule has 11 rings (SSSR count). The number of fused-ring (bicyclic) bond motifs is 13. The first-order valence-electron chi connectivity index (χ1n) is 18.5. The number of anilines is 3. The zero-order valence-corrected chi connectivity index (χ0v) is 29.7. The van der Waals surface area contributed by atoms with Crippen molar-refractivity contribution in [3.8, 4) is 16.8 Å². The van der Waals surface area contributed by atoms with Gasteiger partial charge in [-0.15, -0.1) is 0 Å². The summed E-state index contributed by atoms with van der Waals surface area (Å²) < 4.78 is 2.38. The molecule has 0 saturated heterocycles. The van der Waals surface area contributed by atoms with Gasteiger partial charge in [-0.1, -0.05) is 135 Å². The van der Waals surface area contributed by atoms with E-state index in [0.29, 0.717) is 0 Å². The van der Waals surface area contributed by atoms with E-state index in [1.165, 1.54) is 82.1 Å². The van der Waals surface area contributed by atoms with Gasteiger partial charge in [0, 0.05) is 38.9 Å². The molecule has 1 heterocycles. The van der Waals surface area contributed by atoms with E-state index in [9.17, 15) is 0 Å². The summed E-state index contributed by atoms with van der Waals surface area (Å²) in [6.07, 6.45) is 0. The van der Waals surface area contributed by atoms with Crippen LogP contribution in [0.3, 0.4) is 0 Å². The molecule has 1 aliphatic rings. The molecule has 9 aromatic carbocycles. The van der Waals surface area contributed by atoms with Gasteiger partial charge in [0.15, 0.2) is 0 Å². The minimum Gasteiger partial charge on any atom is -0.310 e. The summed E-state index contributed by atoms with van der Waals surface area (Å²) in [5.74, 6) is 0. The molecule has 1 aromatic heterocycles. The van der Waals surface area contributed by atoms with Crippen molar-refractivity contribution in [1.29, 1.82) is 0 Å². The lowest BCUT2D eigenvalue weighted by atomic mass is 9.78. The molecule has 2 nitrogen and oxygen atoms in total. The summed E-state index contributed by atoms with van der Waals surface area (Å²) in [4.78, 5) is 2.40. The van der Waals surface area contributed by atoms with Crippen LogP contribution in [0.5, 0.6) is 0 Å². The Morgan fingerprint density at radius 3 is 1.75 bits per heavy atom. The maximum Gasteiger partial charge on any atom is 0.0542 e. The van der Waals surface area contributed by atoms with Gasteiger partial charge in [-0.05, 0) is 115 Å². The van der Waals surface area contributed by atoms with Crippen LogP contribution in [0.15, 0.2) is 182 Å². The molecule has 10 aromatic rings. The first-order valence-corrected chi connectivity index (χ1v) is 18.5. The Kier molecular flexibility index (Phi) is 6.33. The minimum absolute atomic E-state index is 0.174. The van der Waals surface area contributed by atoms with Crippen molar-refractivity contribution in [1.82, 2.24) is 4.57 Å². The molecule has 250 valence electrons. The smallest absolute Gasteiger partial charge is 0.0542 e. The highest BCUT2D eigenvalue weighted by Gasteiger charge is 2.39. The van der Waals surface area contributed by atoms with Gasteiger partial charge in [0.2, 0.25) is 0 Å². The predicted molar refractivity (Wildman–Crippen MR) is 226 cm³/mol. The molecule has 0 N–H and O–H groups in total. The molecule has 0 saturated carbocycles. The van der Waals surface area contributed by atoms with Crippen LogP contribution in [0.1, 0.15) is 25.0 Å². The Morgan fingerprint density at radius 2 is 0.981 bits per heavy atom. The van der Waals surface area contributed by atoms with Gasteiger partial charge >= 0.3 is 0 Å². The second-order valence-electron chi connectivity index (χ2n) is 14.9. The monoisotopic (exact) mass is 676 g/mol. The van der Waals surface area contributed by atoms with E-state index in [-0.39, 0.29) is 5.41 Å². The molecule has 0 spiro atoms. The molecule has 2 heteroatoms. The van der Waals surface area contributed by atoms with E-state index in [1.54, 1.807) is 0 Å². The minimum atomic E-state index is -0.174. The Bertz CT molecular complexity index is 3080. The van der Waals surface area contributed by atoms with Crippen LogP contribution in [0, 0.1) is 0 Å². The van der Waals surface area contributed by atoms with E-state index >= 15 is 0 Å². The third-order valence-electron chi connectivity index (χ3n) is 11.7. The number of hydrogen-bond acceptors (Lipinski definition) is 1.